The number of nitrogens with two attached hydrogens (primary N) is 6. The van der Waals surface area contributed by atoms with Crippen molar-refractivity contribution in [3.05, 3.63) is 0 Å². The van der Waals surface area contributed by atoms with Gasteiger partial charge in [-0.2, -0.15) is 0 Å². The Hall–Kier alpha value is -6.98. The topological polar surface area (TPSA) is 495 Å². The zero-order chi connectivity index (χ0) is 59.5. The van der Waals surface area contributed by atoms with E-state index in [0.29, 0.717) is 26.2 Å². The standard InChI is InChI=1S/2C18H34N4O5.C12H18N4O7/c2*1-3-5-7-9-21-13(11-15(19)23)17(25)27-18(26)14(12-16(20)24)22-10-8-6-4-2;1-5(17)15-7(3-9(13)19)11(21)23-12(22)8(4-10(14)20)16-6(2)18/h2*13-14,21-22H,3-12H2,1-2H3,(H2,19,23)(H2,20,24);7-8H,3-4H2,1-2H3,(H2,13,19)(H2,14,20)(H,15,17)(H,16,18)/t2*13-,14-;7-,8-/m000/s1. The molecule has 0 rings (SSSR count). The van der Waals surface area contributed by atoms with Crippen LogP contribution in [0.25, 0.3) is 0 Å². The highest BCUT2D eigenvalue weighted by atomic mass is 16.6. The largest absolute Gasteiger partial charge is 0.391 e. The molecule has 18 N–H and O–H groups in total. The molecule has 8 amide bonds. The van der Waals surface area contributed by atoms with E-state index in [4.69, 9.17) is 43.9 Å². The minimum Gasteiger partial charge on any atom is -0.391 e. The van der Waals surface area contributed by atoms with Gasteiger partial charge < -0.3 is 80.5 Å². The van der Waals surface area contributed by atoms with Gasteiger partial charge in [-0.1, -0.05) is 79.1 Å². The van der Waals surface area contributed by atoms with Crippen molar-refractivity contribution >= 4 is 83.1 Å². The predicted octanol–water partition coefficient (Wildman–Crippen LogP) is -2.98. The second kappa shape index (κ2) is 45.2. The van der Waals surface area contributed by atoms with E-state index in [-0.39, 0.29) is 25.7 Å². The number of carbonyl (C=O) groups excluding carboxylic acids is 14. The lowest BCUT2D eigenvalue weighted by atomic mass is 10.1. The van der Waals surface area contributed by atoms with E-state index in [1.807, 2.05) is 27.7 Å². The molecule has 0 aromatic carbocycles. The average molecular weight is 1100 g/mol. The van der Waals surface area contributed by atoms with Crippen molar-refractivity contribution in [3.8, 4) is 0 Å². The maximum atomic E-state index is 12.3. The van der Waals surface area contributed by atoms with Gasteiger partial charge in [0.25, 0.3) is 0 Å². The molecule has 0 radical (unpaired) electrons. The summed E-state index contributed by atoms with van der Waals surface area (Å²) in [5.41, 5.74) is 30.5. The second-order valence-electron chi connectivity index (χ2n) is 17.6. The fourth-order valence-electron chi connectivity index (χ4n) is 6.37. The first-order valence-electron chi connectivity index (χ1n) is 25.6. The molecule has 0 aliphatic rings. The van der Waals surface area contributed by atoms with Gasteiger partial charge in [-0.05, 0) is 51.9 Å². The number of hydrogen-bond acceptors (Lipinski definition) is 21. The van der Waals surface area contributed by atoms with E-state index in [1.165, 1.54) is 0 Å². The van der Waals surface area contributed by atoms with Crippen molar-refractivity contribution in [1.82, 2.24) is 31.9 Å². The molecule has 0 aromatic rings. The molecule has 0 aliphatic heterocycles. The van der Waals surface area contributed by atoms with E-state index in [9.17, 15) is 67.1 Å². The molecule has 0 saturated heterocycles. The maximum Gasteiger partial charge on any atom is 0.336 e. The van der Waals surface area contributed by atoms with E-state index < -0.39 is 132 Å². The number of unbranched alkanes of at least 4 members (excludes halogenated alkanes) is 8. The molecule has 0 bridgehead atoms. The Balaban J connectivity index is -0.00000107. The maximum absolute atomic E-state index is 12.3. The van der Waals surface area contributed by atoms with Crippen LogP contribution in [0.1, 0.15) is 157 Å². The average Bonchev–Trinajstić information content (AvgIpc) is 3.31. The molecule has 77 heavy (non-hydrogen) atoms. The summed E-state index contributed by atoms with van der Waals surface area (Å²) < 4.78 is 14.2. The molecule has 440 valence electrons. The number of primary amides is 6. The number of nitrogens with one attached hydrogen (secondary N) is 6. The lowest BCUT2D eigenvalue weighted by Crippen LogP contribution is -2.48. The summed E-state index contributed by atoms with van der Waals surface area (Å²) in [6.07, 6.45) is 8.85. The zero-order valence-electron chi connectivity index (χ0n) is 45.4. The molecule has 29 nitrogen and oxygen atoms in total. The summed E-state index contributed by atoms with van der Waals surface area (Å²) >= 11 is 0. The van der Waals surface area contributed by atoms with Gasteiger partial charge >= 0.3 is 35.8 Å². The van der Waals surface area contributed by atoms with Gasteiger partial charge in [-0.25, -0.2) is 28.8 Å². The molecule has 0 saturated carbocycles. The highest BCUT2D eigenvalue weighted by Crippen LogP contribution is 2.06. The Morgan fingerprint density at radius 2 is 0.468 bits per heavy atom. The number of rotatable bonds is 40. The second-order valence-corrected chi connectivity index (χ2v) is 17.6. The molecule has 6 atom stereocenters. The lowest BCUT2D eigenvalue weighted by Gasteiger charge is -2.19. The molecule has 29 heteroatoms. The number of amides is 8. The summed E-state index contributed by atoms with van der Waals surface area (Å²) in [7, 11) is 0. The Labute approximate surface area is 449 Å². The monoisotopic (exact) mass is 1100 g/mol. The molecule has 0 heterocycles. The van der Waals surface area contributed by atoms with Crippen LogP contribution in [0.3, 0.4) is 0 Å². The van der Waals surface area contributed by atoms with Crippen molar-refractivity contribution < 1.29 is 81.3 Å². The lowest BCUT2D eigenvalue weighted by molar-refractivity contribution is -0.165. The fraction of sp³-hybridized carbons (Fsp3) is 0.708. The first-order valence-corrected chi connectivity index (χ1v) is 25.6. The first-order chi connectivity index (χ1) is 36.1. The van der Waals surface area contributed by atoms with Crippen LogP contribution in [0.5, 0.6) is 0 Å². The summed E-state index contributed by atoms with van der Waals surface area (Å²) in [5, 5.41) is 15.7. The van der Waals surface area contributed by atoms with Gasteiger partial charge in [-0.3, -0.25) is 38.4 Å². The van der Waals surface area contributed by atoms with Crippen molar-refractivity contribution in [1.29, 1.82) is 0 Å². The third-order valence-corrected chi connectivity index (χ3v) is 10.2. The zero-order valence-corrected chi connectivity index (χ0v) is 45.4. The van der Waals surface area contributed by atoms with Crippen molar-refractivity contribution in [3.63, 3.8) is 0 Å². The van der Waals surface area contributed by atoms with Crippen LogP contribution < -0.4 is 66.3 Å². The van der Waals surface area contributed by atoms with E-state index in [1.54, 1.807) is 0 Å². The summed E-state index contributed by atoms with van der Waals surface area (Å²) in [4.78, 5) is 161. The van der Waals surface area contributed by atoms with E-state index in [0.717, 1.165) is 90.9 Å². The Morgan fingerprint density at radius 1 is 0.299 bits per heavy atom. The quantitative estimate of drug-likeness (QED) is 0.0126. The van der Waals surface area contributed by atoms with E-state index in [2.05, 4.69) is 36.6 Å². The molecule has 0 spiro atoms. The minimum atomic E-state index is -1.47. The third kappa shape index (κ3) is 42.9. The SMILES string of the molecule is CC(=O)N[C@@H](CC(N)=O)C(=O)OC(=O)[C@H](CC(N)=O)NC(C)=O.CCCCCN[C@@H](CC(N)=O)C(=O)OC(=O)[C@H](CC(N)=O)NCCCCC.CCCCCN[C@@H](CC(N)=O)C(=O)OC(=O)[C@H](CC(N)=O)NCCCCC. The number of carbonyl (C=O) groups is 14. The fourth-order valence-corrected chi connectivity index (χ4v) is 6.37. The third-order valence-electron chi connectivity index (χ3n) is 10.2. The van der Waals surface area contributed by atoms with Crippen LogP contribution in [0.15, 0.2) is 0 Å². The van der Waals surface area contributed by atoms with Gasteiger partial charge in [-0.15, -0.1) is 0 Å². The molecule has 0 fully saturated rings. The Bertz CT molecular complexity index is 1670. The molecular formula is C48H86N12O17. The minimum absolute atomic E-state index is 0.275. The molecule has 0 unspecified atom stereocenters. The van der Waals surface area contributed by atoms with Crippen LogP contribution >= 0.6 is 0 Å². The molecule has 0 aromatic heterocycles. The van der Waals surface area contributed by atoms with Crippen LogP contribution in [-0.4, -0.2) is 146 Å². The van der Waals surface area contributed by atoms with Gasteiger partial charge in [0.05, 0.1) is 38.5 Å². The Kier molecular flexibility index (Phi) is 43.6. The number of ether oxygens (including phenoxy) is 3. The predicted molar refractivity (Wildman–Crippen MR) is 277 cm³/mol. The van der Waals surface area contributed by atoms with Crippen molar-refractivity contribution in [2.24, 2.45) is 34.4 Å². The van der Waals surface area contributed by atoms with E-state index >= 15 is 0 Å². The van der Waals surface area contributed by atoms with Crippen LogP contribution in [0, 0.1) is 0 Å². The van der Waals surface area contributed by atoms with Gasteiger partial charge in [0, 0.05) is 13.8 Å². The van der Waals surface area contributed by atoms with Crippen LogP contribution in [0.2, 0.25) is 0 Å². The summed E-state index contributed by atoms with van der Waals surface area (Å²) in [5.74, 6) is -11.9. The van der Waals surface area contributed by atoms with Gasteiger partial charge in [0.15, 0.2) is 0 Å². The highest BCUT2D eigenvalue weighted by molar-refractivity contribution is 5.98. The normalized spacial score (nSPS) is 12.8. The van der Waals surface area contributed by atoms with Gasteiger partial charge in [0.1, 0.15) is 36.3 Å². The van der Waals surface area contributed by atoms with Crippen molar-refractivity contribution in [2.45, 2.75) is 193 Å². The summed E-state index contributed by atoms with van der Waals surface area (Å²) in [6.45, 7) is 12.3. The molecule has 0 aliphatic carbocycles. The number of esters is 6. The highest BCUT2D eigenvalue weighted by Gasteiger charge is 2.32. The number of hydrogen-bond donors (Lipinski definition) is 12. The first kappa shape index (κ1) is 74.3. The summed E-state index contributed by atoms with van der Waals surface area (Å²) in [6, 6.07) is -6.95. The van der Waals surface area contributed by atoms with Gasteiger partial charge in [0.2, 0.25) is 47.3 Å². The molecular weight excluding hydrogens is 1020 g/mol. The Morgan fingerprint density at radius 3 is 0.623 bits per heavy atom. The van der Waals surface area contributed by atoms with Crippen LogP contribution in [0.4, 0.5) is 0 Å². The van der Waals surface area contributed by atoms with Crippen molar-refractivity contribution in [2.75, 3.05) is 26.2 Å². The smallest absolute Gasteiger partial charge is 0.336 e. The van der Waals surface area contributed by atoms with Crippen LogP contribution in [-0.2, 0) is 81.3 Å².